The first-order chi connectivity index (χ1) is 11.2. The molecule has 0 saturated heterocycles. The molecule has 24 heavy (non-hydrogen) atoms. The van der Waals surface area contributed by atoms with Crippen LogP contribution in [0.3, 0.4) is 0 Å². The smallest absolute Gasteiger partial charge is 0.374 e. The van der Waals surface area contributed by atoms with E-state index in [1.807, 2.05) is 48.6 Å². The quantitative estimate of drug-likeness (QED) is 0.508. The van der Waals surface area contributed by atoms with Crippen LogP contribution < -0.4 is 5.01 Å². The van der Waals surface area contributed by atoms with Crippen molar-refractivity contribution in [1.82, 2.24) is 4.90 Å². The Morgan fingerprint density at radius 3 is 2.42 bits per heavy atom. The standard InChI is InChI=1S/C15H19N3.CH4O4S/c1-13-11-14(9-10-17(13)2)12-16-18(3)15-7-5-4-6-8-15;1-5-6(2,3)4/h4-13H,1-3H3;1H3,(H,2,3,4). The maximum atomic E-state index is 9.33. The van der Waals surface area contributed by atoms with Gasteiger partial charge in [-0.2, -0.15) is 13.5 Å². The van der Waals surface area contributed by atoms with Crippen LogP contribution in [-0.2, 0) is 14.6 Å². The third kappa shape index (κ3) is 7.40. The Morgan fingerprint density at radius 2 is 1.92 bits per heavy atom. The molecule has 0 radical (unpaired) electrons. The van der Waals surface area contributed by atoms with Crippen molar-refractivity contribution in [2.75, 3.05) is 26.2 Å². The van der Waals surface area contributed by atoms with Crippen LogP contribution in [0.1, 0.15) is 6.92 Å². The van der Waals surface area contributed by atoms with Gasteiger partial charge >= 0.3 is 10.4 Å². The summed E-state index contributed by atoms with van der Waals surface area (Å²) in [5.41, 5.74) is 2.22. The predicted molar refractivity (Wildman–Crippen MR) is 96.3 cm³/mol. The molecule has 2 rings (SSSR count). The molecule has 8 heteroatoms. The molecule has 1 aliphatic heterocycles. The molecule has 1 aromatic carbocycles. The van der Waals surface area contributed by atoms with Gasteiger partial charge in [0.2, 0.25) is 0 Å². The van der Waals surface area contributed by atoms with Crippen molar-refractivity contribution in [1.29, 1.82) is 0 Å². The van der Waals surface area contributed by atoms with Crippen molar-refractivity contribution in [3.05, 3.63) is 54.3 Å². The second kappa shape index (κ2) is 9.21. The molecule has 132 valence electrons. The number of rotatable bonds is 4. The highest BCUT2D eigenvalue weighted by molar-refractivity contribution is 7.80. The largest absolute Gasteiger partial charge is 0.397 e. The molecule has 1 atom stereocenters. The minimum Gasteiger partial charge on any atom is -0.374 e. The second-order valence-corrected chi connectivity index (χ2v) is 6.28. The SMILES string of the molecule is CC1C=C(C=NN(C)c2ccccc2)C=CN1C.COS(=O)(=O)O. The van der Waals surface area contributed by atoms with Gasteiger partial charge in [0.25, 0.3) is 0 Å². The molecule has 0 amide bonds. The molecule has 1 N–H and O–H groups in total. The number of hydrogen-bond acceptors (Lipinski definition) is 6. The van der Waals surface area contributed by atoms with Crippen molar-refractivity contribution in [2.24, 2.45) is 5.10 Å². The zero-order valence-electron chi connectivity index (χ0n) is 14.2. The fourth-order valence-corrected chi connectivity index (χ4v) is 1.74. The van der Waals surface area contributed by atoms with Crippen LogP contribution in [0.2, 0.25) is 0 Å². The molecule has 0 bridgehead atoms. The van der Waals surface area contributed by atoms with Crippen molar-refractivity contribution in [2.45, 2.75) is 13.0 Å². The summed E-state index contributed by atoms with van der Waals surface area (Å²) < 4.78 is 29.7. The van der Waals surface area contributed by atoms with E-state index < -0.39 is 10.4 Å². The van der Waals surface area contributed by atoms with Crippen LogP contribution in [0.15, 0.2) is 59.4 Å². The van der Waals surface area contributed by atoms with E-state index in [9.17, 15) is 8.42 Å². The van der Waals surface area contributed by atoms with Crippen LogP contribution in [0.4, 0.5) is 5.69 Å². The summed E-state index contributed by atoms with van der Waals surface area (Å²) in [6, 6.07) is 10.5. The summed E-state index contributed by atoms with van der Waals surface area (Å²) in [5.74, 6) is 0. The van der Waals surface area contributed by atoms with Gasteiger partial charge in [-0.3, -0.25) is 13.7 Å². The predicted octanol–water partition coefficient (Wildman–Crippen LogP) is 2.32. The second-order valence-electron chi connectivity index (χ2n) is 5.09. The fraction of sp³-hybridized carbons (Fsp3) is 0.312. The van der Waals surface area contributed by atoms with E-state index in [1.54, 1.807) is 0 Å². The molecule has 0 fully saturated rings. The van der Waals surface area contributed by atoms with Gasteiger partial charge in [0.15, 0.2) is 0 Å². The van der Waals surface area contributed by atoms with Crippen molar-refractivity contribution < 1.29 is 17.2 Å². The first-order valence-corrected chi connectivity index (χ1v) is 8.57. The van der Waals surface area contributed by atoms with Gasteiger partial charge in [0, 0.05) is 20.1 Å². The number of likely N-dealkylation sites (N-methyl/N-ethyl adjacent to an activating group) is 1. The highest BCUT2D eigenvalue weighted by atomic mass is 32.3. The molecule has 0 aliphatic carbocycles. The molecule has 1 heterocycles. The molecule has 1 aromatic rings. The van der Waals surface area contributed by atoms with Crippen LogP contribution in [0, 0.1) is 0 Å². The van der Waals surface area contributed by atoms with Crippen LogP contribution in [0.25, 0.3) is 0 Å². The van der Waals surface area contributed by atoms with E-state index in [2.05, 4.69) is 46.5 Å². The number of anilines is 1. The molecular formula is C16H23N3O4S. The molecular weight excluding hydrogens is 330 g/mol. The fourth-order valence-electron chi connectivity index (χ4n) is 1.74. The summed E-state index contributed by atoms with van der Waals surface area (Å²) in [6.45, 7) is 2.16. The van der Waals surface area contributed by atoms with Crippen LogP contribution in [0.5, 0.6) is 0 Å². The van der Waals surface area contributed by atoms with E-state index in [-0.39, 0.29) is 0 Å². The third-order valence-corrected chi connectivity index (χ3v) is 3.72. The van der Waals surface area contributed by atoms with Gasteiger partial charge in [-0.25, -0.2) is 0 Å². The van der Waals surface area contributed by atoms with E-state index >= 15 is 0 Å². The lowest BCUT2D eigenvalue weighted by molar-refractivity contribution is 0.324. The van der Waals surface area contributed by atoms with E-state index in [1.165, 1.54) is 0 Å². The lowest BCUT2D eigenvalue weighted by Crippen LogP contribution is -2.24. The van der Waals surface area contributed by atoms with Crippen molar-refractivity contribution in [3.8, 4) is 0 Å². The Kier molecular flexibility index (Phi) is 7.63. The Balaban J connectivity index is 0.000000413. The maximum Gasteiger partial charge on any atom is 0.397 e. The van der Waals surface area contributed by atoms with Gasteiger partial charge < -0.3 is 4.90 Å². The van der Waals surface area contributed by atoms with E-state index in [0.29, 0.717) is 6.04 Å². The molecule has 1 unspecified atom stereocenters. The number of hydrazone groups is 1. The molecule has 1 aliphatic rings. The number of benzene rings is 1. The van der Waals surface area contributed by atoms with Gasteiger partial charge in [0.1, 0.15) is 0 Å². The third-order valence-electron chi connectivity index (χ3n) is 3.30. The average Bonchev–Trinajstić information content (AvgIpc) is 2.56. The van der Waals surface area contributed by atoms with Gasteiger partial charge in [-0.05, 0) is 36.9 Å². The van der Waals surface area contributed by atoms with Crippen LogP contribution in [-0.4, -0.2) is 51.3 Å². The monoisotopic (exact) mass is 353 g/mol. The zero-order valence-corrected chi connectivity index (χ0v) is 15.0. The Labute approximate surface area is 143 Å². The lowest BCUT2D eigenvalue weighted by Gasteiger charge is -2.23. The molecule has 0 spiro atoms. The Hall–Kier alpha value is -2.16. The highest BCUT2D eigenvalue weighted by Crippen LogP contribution is 2.13. The topological polar surface area (TPSA) is 82.4 Å². The number of allylic oxidation sites excluding steroid dienone is 2. The van der Waals surface area contributed by atoms with E-state index in [4.69, 9.17) is 4.55 Å². The number of para-hydroxylation sites is 1. The van der Waals surface area contributed by atoms with Crippen LogP contribution >= 0.6 is 0 Å². The first kappa shape index (κ1) is 19.9. The number of nitrogens with zero attached hydrogens (tertiary/aromatic N) is 3. The zero-order chi connectivity index (χ0) is 18.2. The summed E-state index contributed by atoms with van der Waals surface area (Å²) >= 11 is 0. The maximum absolute atomic E-state index is 9.33. The minimum atomic E-state index is -4.16. The lowest BCUT2D eigenvalue weighted by atomic mass is 10.1. The first-order valence-electron chi connectivity index (χ1n) is 7.20. The molecule has 7 nitrogen and oxygen atoms in total. The van der Waals surface area contributed by atoms with Gasteiger partial charge in [-0.15, -0.1) is 0 Å². The molecule has 0 saturated carbocycles. The normalized spacial score (nSPS) is 17.3. The summed E-state index contributed by atoms with van der Waals surface area (Å²) in [6.07, 6.45) is 8.24. The van der Waals surface area contributed by atoms with Gasteiger partial charge in [0.05, 0.1) is 19.0 Å². The van der Waals surface area contributed by atoms with Crippen molar-refractivity contribution >= 4 is 22.3 Å². The minimum absolute atomic E-state index is 0.415. The summed E-state index contributed by atoms with van der Waals surface area (Å²) in [4.78, 5) is 2.16. The number of hydrogen-bond donors (Lipinski definition) is 1. The summed E-state index contributed by atoms with van der Waals surface area (Å²) in [5, 5.41) is 6.32. The van der Waals surface area contributed by atoms with Crippen molar-refractivity contribution in [3.63, 3.8) is 0 Å². The van der Waals surface area contributed by atoms with Gasteiger partial charge in [-0.1, -0.05) is 24.3 Å². The molecule has 0 aromatic heterocycles. The highest BCUT2D eigenvalue weighted by Gasteiger charge is 2.07. The Bertz CT molecular complexity index is 699. The average molecular weight is 353 g/mol. The van der Waals surface area contributed by atoms with E-state index in [0.717, 1.165) is 18.4 Å². The Morgan fingerprint density at radius 1 is 1.33 bits per heavy atom. The summed E-state index contributed by atoms with van der Waals surface area (Å²) in [7, 11) is 0.732.